The Labute approximate surface area is 123 Å². The summed E-state index contributed by atoms with van der Waals surface area (Å²) in [5.74, 6) is 0.974. The first-order valence-electron chi connectivity index (χ1n) is 7.61. The molecular weight excluding hydrogens is 248 g/mol. The van der Waals surface area contributed by atoms with Crippen LogP contribution in [0.4, 0.5) is 0 Å². The highest BCUT2D eigenvalue weighted by Gasteiger charge is 2.25. The van der Waals surface area contributed by atoms with Gasteiger partial charge >= 0.3 is 0 Å². The van der Waals surface area contributed by atoms with Crippen molar-refractivity contribution in [1.82, 2.24) is 10.2 Å². The third kappa shape index (κ3) is 5.51. The van der Waals surface area contributed by atoms with Crippen LogP contribution < -0.4 is 10.1 Å². The smallest absolute Gasteiger partial charge is 0.119 e. The van der Waals surface area contributed by atoms with Crippen LogP contribution in [0.25, 0.3) is 0 Å². The molecule has 0 saturated heterocycles. The molecule has 3 nitrogen and oxygen atoms in total. The first-order valence-corrected chi connectivity index (χ1v) is 7.61. The molecule has 0 bridgehead atoms. The predicted octanol–water partition coefficient (Wildman–Crippen LogP) is 3.05. The third-order valence-electron chi connectivity index (χ3n) is 3.60. The number of nitrogens with zero attached hydrogens (tertiary/aromatic N) is 1. The van der Waals surface area contributed by atoms with Crippen LogP contribution in [-0.4, -0.2) is 36.7 Å². The van der Waals surface area contributed by atoms with E-state index in [0.717, 1.165) is 31.5 Å². The van der Waals surface area contributed by atoms with Crippen molar-refractivity contribution >= 4 is 0 Å². The van der Waals surface area contributed by atoms with Crippen LogP contribution >= 0.6 is 0 Å². The van der Waals surface area contributed by atoms with Crippen molar-refractivity contribution in [3.63, 3.8) is 0 Å². The molecule has 1 aliphatic rings. The average molecular weight is 276 g/mol. The van der Waals surface area contributed by atoms with Gasteiger partial charge in [-0.25, -0.2) is 0 Å². The monoisotopic (exact) mass is 276 g/mol. The van der Waals surface area contributed by atoms with Crippen LogP contribution in [0.15, 0.2) is 24.3 Å². The first kappa shape index (κ1) is 15.3. The molecule has 1 saturated carbocycles. The lowest BCUT2D eigenvalue weighted by Crippen LogP contribution is -2.35. The molecule has 0 spiro atoms. The largest absolute Gasteiger partial charge is 0.492 e. The maximum Gasteiger partial charge on any atom is 0.119 e. The van der Waals surface area contributed by atoms with Gasteiger partial charge in [0.1, 0.15) is 12.4 Å². The molecule has 0 aliphatic heterocycles. The van der Waals surface area contributed by atoms with Crippen molar-refractivity contribution < 1.29 is 4.74 Å². The van der Waals surface area contributed by atoms with E-state index in [0.29, 0.717) is 0 Å². The van der Waals surface area contributed by atoms with Crippen LogP contribution in [0.3, 0.4) is 0 Å². The Bertz CT molecular complexity index is 421. The molecule has 0 heterocycles. The summed E-state index contributed by atoms with van der Waals surface area (Å²) >= 11 is 0. The molecule has 1 aromatic carbocycles. The van der Waals surface area contributed by atoms with Gasteiger partial charge in [-0.05, 0) is 58.4 Å². The van der Waals surface area contributed by atoms with Crippen molar-refractivity contribution in [3.05, 3.63) is 29.8 Å². The molecule has 0 atom stereocenters. The normalized spacial score (nSPS) is 15.7. The summed E-state index contributed by atoms with van der Waals surface area (Å²) < 4.78 is 5.86. The number of nitrogens with one attached hydrogen (secondary N) is 1. The van der Waals surface area contributed by atoms with Gasteiger partial charge in [-0.15, -0.1) is 0 Å². The van der Waals surface area contributed by atoms with Crippen LogP contribution in [0, 0.1) is 0 Å². The van der Waals surface area contributed by atoms with Crippen LogP contribution in [-0.2, 0) is 6.54 Å². The standard InChI is InChI=1S/C17H28N2O/c1-17(2,3)18-13-14-6-5-7-16(12-14)20-11-10-19(4)15-8-9-15/h5-7,12,15,18H,8-11,13H2,1-4H3. The SMILES string of the molecule is CN(CCOc1cccc(CNC(C)(C)C)c1)C1CC1. The van der Waals surface area contributed by atoms with Gasteiger partial charge in [0.05, 0.1) is 0 Å². The molecule has 0 radical (unpaired) electrons. The van der Waals surface area contributed by atoms with E-state index in [-0.39, 0.29) is 5.54 Å². The lowest BCUT2D eigenvalue weighted by molar-refractivity contribution is 0.231. The van der Waals surface area contributed by atoms with Gasteiger partial charge in [-0.3, -0.25) is 0 Å². The Hall–Kier alpha value is -1.06. The summed E-state index contributed by atoms with van der Waals surface area (Å²) in [6.07, 6.45) is 2.70. The molecule has 20 heavy (non-hydrogen) atoms. The number of benzene rings is 1. The number of likely N-dealkylation sites (N-methyl/N-ethyl adjacent to an activating group) is 1. The van der Waals surface area contributed by atoms with Gasteiger partial charge in [-0.2, -0.15) is 0 Å². The van der Waals surface area contributed by atoms with Crippen molar-refractivity contribution in [3.8, 4) is 5.75 Å². The Morgan fingerprint density at radius 2 is 2.05 bits per heavy atom. The van der Waals surface area contributed by atoms with E-state index in [2.05, 4.69) is 56.2 Å². The summed E-state index contributed by atoms with van der Waals surface area (Å²) in [5, 5.41) is 3.50. The Morgan fingerprint density at radius 1 is 1.30 bits per heavy atom. The van der Waals surface area contributed by atoms with Crippen molar-refractivity contribution in [2.45, 2.75) is 51.7 Å². The summed E-state index contributed by atoms with van der Waals surface area (Å²) in [6.45, 7) is 9.20. The highest BCUT2D eigenvalue weighted by Crippen LogP contribution is 2.24. The summed E-state index contributed by atoms with van der Waals surface area (Å²) in [6, 6.07) is 9.19. The summed E-state index contributed by atoms with van der Waals surface area (Å²) in [5.41, 5.74) is 1.41. The molecule has 1 N–H and O–H groups in total. The molecule has 1 aliphatic carbocycles. The predicted molar refractivity (Wildman–Crippen MR) is 84.2 cm³/mol. The second-order valence-corrected chi connectivity index (χ2v) is 6.81. The van der Waals surface area contributed by atoms with E-state index >= 15 is 0 Å². The average Bonchev–Trinajstić information content (AvgIpc) is 3.20. The van der Waals surface area contributed by atoms with Crippen LogP contribution in [0.5, 0.6) is 5.75 Å². The fourth-order valence-corrected chi connectivity index (χ4v) is 2.12. The zero-order chi connectivity index (χ0) is 14.6. The fourth-order valence-electron chi connectivity index (χ4n) is 2.12. The lowest BCUT2D eigenvalue weighted by Gasteiger charge is -2.21. The Morgan fingerprint density at radius 3 is 2.70 bits per heavy atom. The fraction of sp³-hybridized carbons (Fsp3) is 0.647. The van der Waals surface area contributed by atoms with E-state index in [4.69, 9.17) is 4.74 Å². The van der Waals surface area contributed by atoms with Gasteiger partial charge in [-0.1, -0.05) is 12.1 Å². The summed E-state index contributed by atoms with van der Waals surface area (Å²) in [7, 11) is 2.19. The second-order valence-electron chi connectivity index (χ2n) is 6.81. The quantitative estimate of drug-likeness (QED) is 0.828. The zero-order valence-electron chi connectivity index (χ0n) is 13.3. The van der Waals surface area contributed by atoms with Crippen LogP contribution in [0.1, 0.15) is 39.2 Å². The minimum atomic E-state index is 0.143. The van der Waals surface area contributed by atoms with E-state index in [1.807, 2.05) is 6.07 Å². The van der Waals surface area contributed by atoms with Crippen LogP contribution in [0.2, 0.25) is 0 Å². The van der Waals surface area contributed by atoms with Crippen molar-refractivity contribution in [2.75, 3.05) is 20.2 Å². The molecule has 112 valence electrons. The molecule has 0 amide bonds. The van der Waals surface area contributed by atoms with E-state index in [1.54, 1.807) is 0 Å². The van der Waals surface area contributed by atoms with Gasteiger partial charge in [0.2, 0.25) is 0 Å². The zero-order valence-corrected chi connectivity index (χ0v) is 13.3. The van der Waals surface area contributed by atoms with Crippen molar-refractivity contribution in [2.24, 2.45) is 0 Å². The minimum Gasteiger partial charge on any atom is -0.492 e. The topological polar surface area (TPSA) is 24.5 Å². The number of ether oxygens (including phenoxy) is 1. The third-order valence-corrected chi connectivity index (χ3v) is 3.60. The second kappa shape index (κ2) is 6.59. The maximum absolute atomic E-state index is 5.86. The molecule has 2 rings (SSSR count). The molecular formula is C17H28N2O. The lowest BCUT2D eigenvalue weighted by atomic mass is 10.1. The highest BCUT2D eigenvalue weighted by molar-refractivity contribution is 5.28. The first-order chi connectivity index (χ1) is 9.44. The maximum atomic E-state index is 5.86. The molecule has 1 aromatic rings. The summed E-state index contributed by atoms with van der Waals surface area (Å²) in [4.78, 5) is 2.39. The van der Waals surface area contributed by atoms with Crippen molar-refractivity contribution in [1.29, 1.82) is 0 Å². The van der Waals surface area contributed by atoms with E-state index < -0.39 is 0 Å². The number of hydrogen-bond acceptors (Lipinski definition) is 3. The van der Waals surface area contributed by atoms with Gasteiger partial charge in [0.25, 0.3) is 0 Å². The number of rotatable bonds is 7. The van der Waals surface area contributed by atoms with E-state index in [9.17, 15) is 0 Å². The minimum absolute atomic E-state index is 0.143. The molecule has 0 aromatic heterocycles. The highest BCUT2D eigenvalue weighted by atomic mass is 16.5. The van der Waals surface area contributed by atoms with Gasteiger partial charge in [0, 0.05) is 24.7 Å². The molecule has 0 unspecified atom stereocenters. The van der Waals surface area contributed by atoms with E-state index in [1.165, 1.54) is 18.4 Å². The van der Waals surface area contributed by atoms with Gasteiger partial charge in [0.15, 0.2) is 0 Å². The Kier molecular flexibility index (Phi) is 5.06. The molecule has 3 heteroatoms. The van der Waals surface area contributed by atoms with Gasteiger partial charge < -0.3 is 15.0 Å². The molecule has 1 fully saturated rings. The number of hydrogen-bond donors (Lipinski definition) is 1. The Balaban J connectivity index is 1.76.